The van der Waals surface area contributed by atoms with E-state index in [1.54, 1.807) is 0 Å². The molecule has 13 nitrogen and oxygen atoms in total. The number of aliphatic hydroxyl groups excluding tert-OH is 1. The molecule has 0 aliphatic carbocycles. The number of hydrogen-bond donors (Lipinski definition) is 2. The minimum atomic E-state index is -1.08. The van der Waals surface area contributed by atoms with E-state index in [-0.39, 0.29) is 78.2 Å². The summed E-state index contributed by atoms with van der Waals surface area (Å²) < 4.78 is 24.7. The summed E-state index contributed by atoms with van der Waals surface area (Å²) in [5.74, 6) is -3.82. The van der Waals surface area contributed by atoms with Gasteiger partial charge in [0.2, 0.25) is 0 Å². The molecule has 0 saturated carbocycles. The number of aliphatic carboxylic acids is 1. The normalized spacial score (nSPS) is 10.3. The molecule has 0 aliphatic heterocycles. The van der Waals surface area contributed by atoms with Gasteiger partial charge >= 0.3 is 35.8 Å². The maximum atomic E-state index is 11.7. The number of rotatable bonds is 23. The van der Waals surface area contributed by atoms with E-state index in [4.69, 9.17) is 33.9 Å². The summed E-state index contributed by atoms with van der Waals surface area (Å²) in [4.78, 5) is 67.9. The number of carbonyl (C=O) groups excluding carboxylic acids is 5. The second kappa shape index (κ2) is 23.2. The predicted octanol–water partition coefficient (Wildman–Crippen LogP) is 1.46. The van der Waals surface area contributed by atoms with Gasteiger partial charge in [0.25, 0.3) is 0 Å². The molecule has 0 bridgehead atoms. The third-order valence-corrected chi connectivity index (χ3v) is 4.55. The average molecular weight is 535 g/mol. The number of unbranched alkanes of at least 4 members (excludes halogenated alkanes) is 3. The van der Waals surface area contributed by atoms with Crippen molar-refractivity contribution in [3.05, 3.63) is 0 Å². The lowest BCUT2D eigenvalue weighted by Crippen LogP contribution is -2.13. The zero-order chi connectivity index (χ0) is 27.7. The highest BCUT2D eigenvalue weighted by Gasteiger charge is 2.11. The van der Waals surface area contributed by atoms with Crippen LogP contribution in [0.5, 0.6) is 0 Å². The van der Waals surface area contributed by atoms with E-state index in [0.717, 1.165) is 0 Å². The van der Waals surface area contributed by atoms with E-state index in [2.05, 4.69) is 0 Å². The van der Waals surface area contributed by atoms with Crippen LogP contribution in [0.3, 0.4) is 0 Å². The SMILES string of the molecule is O=C(O)CCC(=O)OCCCCOC(=O)CCC(=O)OCCCCOC(=O)CCC(=O)OCCCCO. The predicted molar refractivity (Wildman–Crippen MR) is 125 cm³/mol. The third-order valence-electron chi connectivity index (χ3n) is 4.55. The lowest BCUT2D eigenvalue weighted by molar-refractivity contribution is -0.151. The molecule has 13 heteroatoms. The Morgan fingerprint density at radius 2 is 0.649 bits per heavy atom. The topological polar surface area (TPSA) is 189 Å². The molecule has 0 saturated heterocycles. The summed E-state index contributed by atoms with van der Waals surface area (Å²) in [5, 5.41) is 17.1. The van der Waals surface area contributed by atoms with Crippen LogP contribution in [0.1, 0.15) is 77.0 Å². The van der Waals surface area contributed by atoms with Gasteiger partial charge in [-0.15, -0.1) is 0 Å². The van der Waals surface area contributed by atoms with Crippen LogP contribution in [-0.2, 0) is 52.5 Å². The summed E-state index contributed by atoms with van der Waals surface area (Å²) in [6, 6.07) is 0. The van der Waals surface area contributed by atoms with E-state index < -0.39 is 35.8 Å². The fourth-order valence-corrected chi connectivity index (χ4v) is 2.53. The van der Waals surface area contributed by atoms with Crippen molar-refractivity contribution in [1.82, 2.24) is 0 Å². The van der Waals surface area contributed by atoms with Crippen molar-refractivity contribution in [1.29, 1.82) is 0 Å². The van der Waals surface area contributed by atoms with Gasteiger partial charge in [0.1, 0.15) is 0 Å². The van der Waals surface area contributed by atoms with E-state index in [1.807, 2.05) is 0 Å². The first-order chi connectivity index (χ1) is 17.7. The van der Waals surface area contributed by atoms with E-state index >= 15 is 0 Å². The molecule has 0 heterocycles. The summed E-state index contributed by atoms with van der Waals surface area (Å²) in [6.45, 7) is 0.665. The van der Waals surface area contributed by atoms with Crippen LogP contribution in [0, 0.1) is 0 Å². The molecular weight excluding hydrogens is 496 g/mol. The Labute approximate surface area is 215 Å². The molecule has 0 radical (unpaired) electrons. The largest absolute Gasteiger partial charge is 0.481 e. The van der Waals surface area contributed by atoms with Gasteiger partial charge in [0.05, 0.1) is 71.6 Å². The molecule has 0 unspecified atom stereocenters. The van der Waals surface area contributed by atoms with Gasteiger partial charge in [-0.2, -0.15) is 0 Å². The van der Waals surface area contributed by atoms with Crippen LogP contribution in [0.4, 0.5) is 0 Å². The second-order valence-electron chi connectivity index (χ2n) is 7.84. The van der Waals surface area contributed by atoms with Crippen LogP contribution in [0.2, 0.25) is 0 Å². The van der Waals surface area contributed by atoms with Gasteiger partial charge in [-0.3, -0.25) is 28.8 Å². The van der Waals surface area contributed by atoms with Crippen molar-refractivity contribution in [2.45, 2.75) is 77.0 Å². The van der Waals surface area contributed by atoms with Crippen molar-refractivity contribution in [2.75, 3.05) is 39.6 Å². The van der Waals surface area contributed by atoms with Crippen molar-refractivity contribution < 1.29 is 62.7 Å². The highest BCUT2D eigenvalue weighted by atomic mass is 16.6. The maximum Gasteiger partial charge on any atom is 0.306 e. The van der Waals surface area contributed by atoms with Gasteiger partial charge in [0, 0.05) is 6.61 Å². The Hall–Kier alpha value is -3.22. The monoisotopic (exact) mass is 534 g/mol. The van der Waals surface area contributed by atoms with Crippen LogP contribution < -0.4 is 0 Å². The molecular formula is C24H38O13. The molecule has 0 rings (SSSR count). The standard InChI is InChI=1S/C24H38O13/c25-13-1-2-14-33-21(29)9-10-22(30)36-17-5-6-18-37-24(32)12-11-23(31)35-16-4-3-15-34-20(28)8-7-19(26)27/h25H,1-18H2,(H,26,27). The van der Waals surface area contributed by atoms with Crippen molar-refractivity contribution >= 4 is 35.8 Å². The molecule has 37 heavy (non-hydrogen) atoms. The Kier molecular flexibility index (Phi) is 21.2. The van der Waals surface area contributed by atoms with Crippen LogP contribution in [0.15, 0.2) is 0 Å². The summed E-state index contributed by atoms with van der Waals surface area (Å²) in [5.41, 5.74) is 0. The Morgan fingerprint density at radius 1 is 0.405 bits per heavy atom. The van der Waals surface area contributed by atoms with E-state index in [0.29, 0.717) is 38.5 Å². The maximum absolute atomic E-state index is 11.7. The number of carboxylic acid groups (broad SMARTS) is 1. The summed E-state index contributed by atoms with van der Waals surface area (Å²) >= 11 is 0. The molecule has 2 N–H and O–H groups in total. The highest BCUT2D eigenvalue weighted by molar-refractivity contribution is 5.78. The molecule has 0 aliphatic rings. The molecule has 212 valence electrons. The second-order valence-corrected chi connectivity index (χ2v) is 7.84. The van der Waals surface area contributed by atoms with Gasteiger partial charge in [-0.1, -0.05) is 0 Å². The molecule has 0 spiro atoms. The molecule has 0 amide bonds. The zero-order valence-electron chi connectivity index (χ0n) is 21.1. The number of carbonyl (C=O) groups is 6. The van der Waals surface area contributed by atoms with Crippen molar-refractivity contribution in [2.24, 2.45) is 0 Å². The molecule has 0 aromatic heterocycles. The lowest BCUT2D eigenvalue weighted by Gasteiger charge is -2.07. The Bertz CT molecular complexity index is 705. The average Bonchev–Trinajstić information content (AvgIpc) is 2.86. The van der Waals surface area contributed by atoms with Crippen LogP contribution in [-0.4, -0.2) is 85.7 Å². The molecule has 0 aromatic rings. The highest BCUT2D eigenvalue weighted by Crippen LogP contribution is 2.02. The number of ether oxygens (including phenoxy) is 5. The smallest absolute Gasteiger partial charge is 0.306 e. The van der Waals surface area contributed by atoms with Crippen LogP contribution >= 0.6 is 0 Å². The molecule has 0 fully saturated rings. The van der Waals surface area contributed by atoms with Gasteiger partial charge in [0.15, 0.2) is 0 Å². The molecule has 0 aromatic carbocycles. The first-order valence-electron chi connectivity index (χ1n) is 12.3. The quantitative estimate of drug-likeness (QED) is 0.109. The van der Waals surface area contributed by atoms with Gasteiger partial charge in [-0.25, -0.2) is 0 Å². The fourth-order valence-electron chi connectivity index (χ4n) is 2.53. The molecule has 0 atom stereocenters. The fraction of sp³-hybridized carbons (Fsp3) is 0.750. The Morgan fingerprint density at radius 3 is 0.892 bits per heavy atom. The van der Waals surface area contributed by atoms with Gasteiger partial charge < -0.3 is 33.9 Å². The first kappa shape index (κ1) is 33.8. The van der Waals surface area contributed by atoms with Crippen molar-refractivity contribution in [3.8, 4) is 0 Å². The Balaban J connectivity index is 3.56. The third kappa shape index (κ3) is 24.3. The minimum Gasteiger partial charge on any atom is -0.481 e. The van der Waals surface area contributed by atoms with E-state index in [9.17, 15) is 28.8 Å². The summed E-state index contributed by atoms with van der Waals surface area (Å²) in [6.07, 6.45) is 1.99. The number of hydrogen-bond acceptors (Lipinski definition) is 12. The lowest BCUT2D eigenvalue weighted by atomic mass is 10.3. The summed E-state index contributed by atoms with van der Waals surface area (Å²) in [7, 11) is 0. The number of esters is 5. The minimum absolute atomic E-state index is 0.0310. The van der Waals surface area contributed by atoms with Crippen LogP contribution in [0.25, 0.3) is 0 Å². The number of carboxylic acids is 1. The number of aliphatic hydroxyl groups is 1. The van der Waals surface area contributed by atoms with E-state index in [1.165, 1.54) is 0 Å². The van der Waals surface area contributed by atoms with Gasteiger partial charge in [-0.05, 0) is 38.5 Å². The zero-order valence-corrected chi connectivity index (χ0v) is 21.1. The first-order valence-corrected chi connectivity index (χ1v) is 12.3. The van der Waals surface area contributed by atoms with Crippen molar-refractivity contribution in [3.63, 3.8) is 0 Å².